The maximum Gasteiger partial charge on any atom is 0.341 e. The number of nitrogens with zero attached hydrogens (tertiary/aromatic N) is 3. The summed E-state index contributed by atoms with van der Waals surface area (Å²) in [6.07, 6.45) is 5.11. The summed E-state index contributed by atoms with van der Waals surface area (Å²) >= 11 is 2.83. The van der Waals surface area contributed by atoms with E-state index >= 15 is 0 Å². The molecule has 0 saturated heterocycles. The molecule has 0 bridgehead atoms. The Labute approximate surface area is 201 Å². The Morgan fingerprint density at radius 3 is 2.76 bits per heavy atom. The lowest BCUT2D eigenvalue weighted by Crippen LogP contribution is -2.17. The fraction of sp³-hybridized carbons (Fsp3) is 0.417. The second kappa shape index (κ2) is 10.5. The van der Waals surface area contributed by atoms with Crippen molar-refractivity contribution in [3.8, 4) is 11.4 Å². The van der Waals surface area contributed by atoms with E-state index in [2.05, 4.69) is 15.5 Å². The fourth-order valence-electron chi connectivity index (χ4n) is 4.04. The number of amides is 1. The molecular weight excluding hydrogens is 456 g/mol. The molecule has 1 aliphatic rings. The van der Waals surface area contributed by atoms with Gasteiger partial charge in [-0.05, 0) is 50.7 Å². The van der Waals surface area contributed by atoms with E-state index < -0.39 is 0 Å². The Morgan fingerprint density at radius 2 is 1.97 bits per heavy atom. The minimum atomic E-state index is -0.351. The first-order valence-electron chi connectivity index (χ1n) is 11.2. The van der Waals surface area contributed by atoms with Crippen molar-refractivity contribution in [2.75, 3.05) is 17.7 Å². The number of fused-ring (bicyclic) bond motifs is 1. The summed E-state index contributed by atoms with van der Waals surface area (Å²) < 4.78 is 7.20. The summed E-state index contributed by atoms with van der Waals surface area (Å²) in [7, 11) is 1.90. The Morgan fingerprint density at radius 1 is 1.18 bits per heavy atom. The van der Waals surface area contributed by atoms with E-state index in [1.54, 1.807) is 6.92 Å². The zero-order valence-corrected chi connectivity index (χ0v) is 20.8. The van der Waals surface area contributed by atoms with Gasteiger partial charge in [0.15, 0.2) is 11.0 Å². The van der Waals surface area contributed by atoms with Gasteiger partial charge in [0, 0.05) is 17.5 Å². The highest BCUT2D eigenvalue weighted by Crippen LogP contribution is 2.38. The average molecular weight is 485 g/mol. The number of thiophene rings is 1. The number of esters is 1. The maximum atomic E-state index is 12.8. The zero-order chi connectivity index (χ0) is 23.4. The third-order valence-corrected chi connectivity index (χ3v) is 7.93. The number of carbonyl (C=O) groups excluding carboxylic acids is 2. The van der Waals surface area contributed by atoms with Gasteiger partial charge in [-0.2, -0.15) is 0 Å². The van der Waals surface area contributed by atoms with Gasteiger partial charge < -0.3 is 14.6 Å². The molecule has 0 unspecified atom stereocenters. The van der Waals surface area contributed by atoms with Gasteiger partial charge >= 0.3 is 5.97 Å². The van der Waals surface area contributed by atoms with Gasteiger partial charge in [0.1, 0.15) is 5.00 Å². The van der Waals surface area contributed by atoms with Crippen LogP contribution in [0.5, 0.6) is 0 Å². The molecule has 1 aliphatic carbocycles. The van der Waals surface area contributed by atoms with Gasteiger partial charge in [-0.25, -0.2) is 4.79 Å². The van der Waals surface area contributed by atoms with E-state index in [0.29, 0.717) is 22.3 Å². The lowest BCUT2D eigenvalue weighted by Gasteiger charge is -2.09. The molecule has 0 saturated carbocycles. The first-order valence-corrected chi connectivity index (χ1v) is 13.0. The first kappa shape index (κ1) is 23.5. The molecule has 33 heavy (non-hydrogen) atoms. The molecule has 174 valence electrons. The summed E-state index contributed by atoms with van der Waals surface area (Å²) in [5, 5.41) is 12.8. The van der Waals surface area contributed by atoms with Crippen molar-refractivity contribution in [1.29, 1.82) is 0 Å². The number of aryl methyl sites for hydroxylation is 2. The van der Waals surface area contributed by atoms with E-state index in [9.17, 15) is 9.59 Å². The van der Waals surface area contributed by atoms with Crippen LogP contribution in [-0.2, 0) is 29.4 Å². The first-order chi connectivity index (χ1) is 16.0. The van der Waals surface area contributed by atoms with Crippen LogP contribution in [0.25, 0.3) is 11.4 Å². The monoisotopic (exact) mass is 484 g/mol. The second-order valence-electron chi connectivity index (χ2n) is 8.01. The largest absolute Gasteiger partial charge is 0.462 e. The SMILES string of the molecule is CCOC(=O)c1c(NC(=O)CSc2nnc(-c3ccccc3C)n2C)sc2c1CCCCC2. The zero-order valence-electron chi connectivity index (χ0n) is 19.1. The van der Waals surface area contributed by atoms with E-state index in [4.69, 9.17) is 4.74 Å². The van der Waals surface area contributed by atoms with Gasteiger partial charge in [0.05, 0.1) is 17.9 Å². The summed E-state index contributed by atoms with van der Waals surface area (Å²) in [4.78, 5) is 26.7. The Hall–Kier alpha value is -2.65. The van der Waals surface area contributed by atoms with E-state index in [0.717, 1.165) is 54.6 Å². The number of anilines is 1. The third-order valence-electron chi connectivity index (χ3n) is 5.71. The molecule has 4 rings (SSSR count). The van der Waals surface area contributed by atoms with Crippen molar-refractivity contribution in [2.24, 2.45) is 7.05 Å². The summed E-state index contributed by atoms with van der Waals surface area (Å²) in [6, 6.07) is 8.01. The Kier molecular flexibility index (Phi) is 7.49. The Bertz CT molecular complexity index is 1170. The predicted octanol–water partition coefficient (Wildman–Crippen LogP) is 5.03. The third kappa shape index (κ3) is 5.14. The number of hydrogen-bond donors (Lipinski definition) is 1. The summed E-state index contributed by atoms with van der Waals surface area (Å²) in [6.45, 7) is 4.14. The molecule has 7 nitrogen and oxygen atoms in total. The van der Waals surface area contributed by atoms with E-state index in [1.165, 1.54) is 28.0 Å². The molecule has 1 amide bonds. The van der Waals surface area contributed by atoms with Crippen LogP contribution in [0.1, 0.15) is 52.5 Å². The molecule has 0 atom stereocenters. The molecule has 0 aliphatic heterocycles. The number of carbonyl (C=O) groups is 2. The van der Waals surface area contributed by atoms with Crippen molar-refractivity contribution < 1.29 is 14.3 Å². The highest BCUT2D eigenvalue weighted by Gasteiger charge is 2.26. The van der Waals surface area contributed by atoms with Crippen LogP contribution in [-0.4, -0.2) is 39.0 Å². The quantitative estimate of drug-likeness (QED) is 0.288. The molecule has 2 aromatic heterocycles. The van der Waals surface area contributed by atoms with E-state index in [1.807, 2.05) is 42.8 Å². The van der Waals surface area contributed by atoms with E-state index in [-0.39, 0.29) is 17.6 Å². The molecule has 0 radical (unpaired) electrons. The van der Waals surface area contributed by atoms with Crippen molar-refractivity contribution >= 4 is 40.0 Å². The fourth-order valence-corrected chi connectivity index (χ4v) is 6.05. The predicted molar refractivity (Wildman–Crippen MR) is 132 cm³/mol. The molecule has 1 N–H and O–H groups in total. The van der Waals surface area contributed by atoms with Crippen molar-refractivity contribution in [3.05, 3.63) is 45.8 Å². The number of aromatic nitrogens is 3. The number of benzene rings is 1. The van der Waals surface area contributed by atoms with Crippen molar-refractivity contribution in [1.82, 2.24) is 14.8 Å². The highest BCUT2D eigenvalue weighted by atomic mass is 32.2. The van der Waals surface area contributed by atoms with Crippen LogP contribution in [0.3, 0.4) is 0 Å². The number of rotatable bonds is 7. The highest BCUT2D eigenvalue weighted by molar-refractivity contribution is 7.99. The normalized spacial score (nSPS) is 13.3. The number of ether oxygens (including phenoxy) is 1. The van der Waals surface area contributed by atoms with Gasteiger partial charge in [0.2, 0.25) is 5.91 Å². The Balaban J connectivity index is 1.48. The van der Waals surface area contributed by atoms with Gasteiger partial charge in [-0.15, -0.1) is 21.5 Å². The molecular formula is C24H28N4O3S2. The van der Waals surface area contributed by atoms with Crippen LogP contribution >= 0.6 is 23.1 Å². The molecule has 0 spiro atoms. The molecule has 2 heterocycles. The standard InChI is InChI=1S/C24H28N4O3S2/c1-4-31-23(30)20-17-12-6-5-7-13-18(17)33-22(20)25-19(29)14-32-24-27-26-21(28(24)3)16-11-9-8-10-15(16)2/h8-11H,4-7,12-14H2,1-3H3,(H,25,29). The van der Waals surface area contributed by atoms with Crippen molar-refractivity contribution in [3.63, 3.8) is 0 Å². The number of nitrogens with one attached hydrogen (secondary N) is 1. The summed E-state index contributed by atoms with van der Waals surface area (Å²) in [5.74, 6) is 0.408. The maximum absolute atomic E-state index is 12.8. The van der Waals surface area contributed by atoms with Crippen LogP contribution in [0, 0.1) is 6.92 Å². The topological polar surface area (TPSA) is 86.1 Å². The van der Waals surface area contributed by atoms with Gasteiger partial charge in [-0.3, -0.25) is 4.79 Å². The van der Waals surface area contributed by atoms with Gasteiger partial charge in [-0.1, -0.05) is 42.4 Å². The number of thioether (sulfide) groups is 1. The molecule has 9 heteroatoms. The van der Waals surface area contributed by atoms with Crippen molar-refractivity contribution in [2.45, 2.75) is 51.1 Å². The molecule has 3 aromatic rings. The van der Waals surface area contributed by atoms with Crippen LogP contribution < -0.4 is 5.32 Å². The lowest BCUT2D eigenvalue weighted by atomic mass is 10.1. The minimum Gasteiger partial charge on any atom is -0.462 e. The van der Waals surface area contributed by atoms with Crippen LogP contribution in [0.2, 0.25) is 0 Å². The van der Waals surface area contributed by atoms with Gasteiger partial charge in [0.25, 0.3) is 0 Å². The lowest BCUT2D eigenvalue weighted by molar-refractivity contribution is -0.113. The molecule has 1 aromatic carbocycles. The number of hydrogen-bond acceptors (Lipinski definition) is 7. The van der Waals surface area contributed by atoms with Crippen LogP contribution in [0.4, 0.5) is 5.00 Å². The summed E-state index contributed by atoms with van der Waals surface area (Å²) in [5.41, 5.74) is 3.72. The van der Waals surface area contributed by atoms with Crippen LogP contribution in [0.15, 0.2) is 29.4 Å². The minimum absolute atomic E-state index is 0.171. The average Bonchev–Trinajstić information content (AvgIpc) is 3.23. The smallest absolute Gasteiger partial charge is 0.341 e. The molecule has 0 fully saturated rings. The second-order valence-corrected chi connectivity index (χ2v) is 10.1.